The first-order chi connectivity index (χ1) is 7.76. The van der Waals surface area contributed by atoms with Gasteiger partial charge in [-0.05, 0) is 31.8 Å². The number of halogens is 1. The Morgan fingerprint density at radius 2 is 1.81 bits per heavy atom. The molecule has 1 saturated heterocycles. The quantitative estimate of drug-likeness (QED) is 0.665. The van der Waals surface area contributed by atoms with Crippen molar-refractivity contribution in [3.8, 4) is 0 Å². The number of rotatable bonds is 6. The highest BCUT2D eigenvalue weighted by atomic mass is 35.5. The smallest absolute Gasteiger partial charge is 0.0351 e. The molecule has 1 unspecified atom stereocenters. The van der Waals surface area contributed by atoms with Crippen LogP contribution >= 0.6 is 11.6 Å². The van der Waals surface area contributed by atoms with Crippen LogP contribution in [0.2, 0.25) is 0 Å². The molecule has 0 spiro atoms. The molecule has 0 aliphatic carbocycles. The predicted octanol–water partition coefficient (Wildman–Crippen LogP) is 2.67. The average Bonchev–Trinajstić information content (AvgIpc) is 2.45. The summed E-state index contributed by atoms with van der Waals surface area (Å²) in [6.07, 6.45) is 3.98. The highest BCUT2D eigenvalue weighted by molar-refractivity contribution is 6.18. The van der Waals surface area contributed by atoms with E-state index in [0.717, 1.165) is 18.3 Å². The Hall–Kier alpha value is 0.210. The minimum absolute atomic E-state index is 0.770. The fraction of sp³-hybridized carbons (Fsp3) is 1.00. The lowest BCUT2D eigenvalue weighted by atomic mass is 10.1. The van der Waals surface area contributed by atoms with Gasteiger partial charge in [0.25, 0.3) is 0 Å². The molecule has 0 radical (unpaired) electrons. The van der Waals surface area contributed by atoms with Crippen LogP contribution in [0.25, 0.3) is 0 Å². The second-order valence-corrected chi connectivity index (χ2v) is 5.46. The van der Waals surface area contributed by atoms with Gasteiger partial charge in [-0.2, -0.15) is 0 Å². The predicted molar refractivity (Wildman–Crippen MR) is 72.3 cm³/mol. The Labute approximate surface area is 106 Å². The Morgan fingerprint density at radius 3 is 2.50 bits per heavy atom. The lowest BCUT2D eigenvalue weighted by Gasteiger charge is -2.24. The zero-order valence-corrected chi connectivity index (χ0v) is 11.7. The number of nitrogens with zero attached hydrogens (tertiary/aromatic N) is 2. The van der Waals surface area contributed by atoms with Crippen molar-refractivity contribution in [3.05, 3.63) is 0 Å². The first-order valence-electron chi connectivity index (χ1n) is 6.77. The molecule has 1 aliphatic heterocycles. The molecular formula is C13H27ClN2. The Balaban J connectivity index is 2.24. The first kappa shape index (κ1) is 14.3. The molecule has 0 amide bonds. The van der Waals surface area contributed by atoms with E-state index in [0.29, 0.717) is 0 Å². The third kappa shape index (κ3) is 5.51. The van der Waals surface area contributed by atoms with Crippen molar-refractivity contribution in [2.75, 3.05) is 45.1 Å². The molecular weight excluding hydrogens is 220 g/mol. The maximum Gasteiger partial charge on any atom is 0.0351 e. The molecule has 1 rings (SSSR count). The van der Waals surface area contributed by atoms with Crippen molar-refractivity contribution < 1.29 is 0 Å². The normalized spacial score (nSPS) is 21.9. The third-order valence-electron chi connectivity index (χ3n) is 3.43. The molecule has 96 valence electrons. The fourth-order valence-electron chi connectivity index (χ4n) is 2.57. The summed E-state index contributed by atoms with van der Waals surface area (Å²) >= 11 is 5.79. The van der Waals surface area contributed by atoms with Gasteiger partial charge in [0.05, 0.1) is 0 Å². The number of hydrogen-bond donors (Lipinski definition) is 0. The van der Waals surface area contributed by atoms with Crippen molar-refractivity contribution in [2.45, 2.75) is 33.1 Å². The van der Waals surface area contributed by atoms with Gasteiger partial charge in [-0.3, -0.25) is 0 Å². The lowest BCUT2D eigenvalue weighted by molar-refractivity contribution is 0.231. The van der Waals surface area contributed by atoms with Gasteiger partial charge in [-0.1, -0.05) is 20.3 Å². The summed E-state index contributed by atoms with van der Waals surface area (Å²) < 4.78 is 0. The molecule has 0 N–H and O–H groups in total. The van der Waals surface area contributed by atoms with Gasteiger partial charge in [-0.15, -0.1) is 11.6 Å². The molecule has 3 heteroatoms. The van der Waals surface area contributed by atoms with Crippen molar-refractivity contribution >= 4 is 11.6 Å². The molecule has 0 bridgehead atoms. The molecule has 0 aromatic rings. The Bertz CT molecular complexity index is 175. The molecule has 0 aromatic heterocycles. The molecule has 0 saturated carbocycles. The number of alkyl halides is 1. The molecule has 1 heterocycles. The maximum absolute atomic E-state index is 5.79. The Kier molecular flexibility index (Phi) is 7.42. The summed E-state index contributed by atoms with van der Waals surface area (Å²) in [5, 5.41) is 0. The van der Waals surface area contributed by atoms with Crippen molar-refractivity contribution in [1.29, 1.82) is 0 Å². The summed E-state index contributed by atoms with van der Waals surface area (Å²) in [6.45, 7) is 11.9. The van der Waals surface area contributed by atoms with E-state index in [1.807, 2.05) is 0 Å². The van der Waals surface area contributed by atoms with Gasteiger partial charge < -0.3 is 9.80 Å². The van der Waals surface area contributed by atoms with Crippen LogP contribution in [-0.2, 0) is 0 Å². The highest BCUT2D eigenvalue weighted by Gasteiger charge is 2.15. The zero-order valence-electron chi connectivity index (χ0n) is 10.9. The average molecular weight is 247 g/mol. The van der Waals surface area contributed by atoms with Crippen LogP contribution in [0.1, 0.15) is 33.1 Å². The van der Waals surface area contributed by atoms with Crippen LogP contribution in [0, 0.1) is 5.92 Å². The first-order valence-corrected chi connectivity index (χ1v) is 7.30. The van der Waals surface area contributed by atoms with E-state index in [1.54, 1.807) is 0 Å². The van der Waals surface area contributed by atoms with E-state index in [1.165, 1.54) is 52.0 Å². The van der Waals surface area contributed by atoms with Crippen LogP contribution in [0.3, 0.4) is 0 Å². The van der Waals surface area contributed by atoms with Crippen LogP contribution in [0.5, 0.6) is 0 Å². The minimum Gasteiger partial charge on any atom is -0.302 e. The summed E-state index contributed by atoms with van der Waals surface area (Å²) in [6, 6.07) is 0. The van der Waals surface area contributed by atoms with Crippen LogP contribution in [0.15, 0.2) is 0 Å². The van der Waals surface area contributed by atoms with E-state index < -0.39 is 0 Å². The largest absolute Gasteiger partial charge is 0.302 e. The second-order valence-electron chi connectivity index (χ2n) is 5.08. The van der Waals surface area contributed by atoms with Gasteiger partial charge in [0.15, 0.2) is 0 Å². The second kappa shape index (κ2) is 8.32. The van der Waals surface area contributed by atoms with Crippen molar-refractivity contribution in [3.63, 3.8) is 0 Å². The summed E-state index contributed by atoms with van der Waals surface area (Å²) in [5.41, 5.74) is 0. The van der Waals surface area contributed by atoms with Crippen LogP contribution in [0.4, 0.5) is 0 Å². The summed E-state index contributed by atoms with van der Waals surface area (Å²) in [4.78, 5) is 5.13. The lowest BCUT2D eigenvalue weighted by Crippen LogP contribution is -2.34. The summed E-state index contributed by atoms with van der Waals surface area (Å²) in [5.74, 6) is 1.62. The third-order valence-corrected chi connectivity index (χ3v) is 3.60. The van der Waals surface area contributed by atoms with E-state index in [2.05, 4.69) is 23.6 Å². The van der Waals surface area contributed by atoms with E-state index >= 15 is 0 Å². The zero-order chi connectivity index (χ0) is 11.8. The topological polar surface area (TPSA) is 6.48 Å². The maximum atomic E-state index is 5.79. The molecule has 1 atom stereocenters. The standard InChI is InChI=1S/C13H27ClN2/c1-3-5-13(2)12-16-8-4-7-15(9-6-14)10-11-16/h13H,3-12H2,1-2H3. The van der Waals surface area contributed by atoms with Gasteiger partial charge >= 0.3 is 0 Å². The highest BCUT2D eigenvalue weighted by Crippen LogP contribution is 2.10. The van der Waals surface area contributed by atoms with E-state index in [9.17, 15) is 0 Å². The Morgan fingerprint density at radius 1 is 1.12 bits per heavy atom. The minimum atomic E-state index is 0.770. The molecule has 2 nitrogen and oxygen atoms in total. The molecule has 16 heavy (non-hydrogen) atoms. The molecule has 1 fully saturated rings. The van der Waals surface area contributed by atoms with Gasteiger partial charge in [0.2, 0.25) is 0 Å². The molecule has 0 aromatic carbocycles. The van der Waals surface area contributed by atoms with Gasteiger partial charge in [0.1, 0.15) is 0 Å². The van der Waals surface area contributed by atoms with Gasteiger partial charge in [-0.25, -0.2) is 0 Å². The SMILES string of the molecule is CCCC(C)CN1CCCN(CCCl)CC1. The molecule has 1 aliphatic rings. The van der Waals surface area contributed by atoms with Crippen molar-refractivity contribution in [2.24, 2.45) is 5.92 Å². The monoisotopic (exact) mass is 246 g/mol. The summed E-state index contributed by atoms with van der Waals surface area (Å²) in [7, 11) is 0. The van der Waals surface area contributed by atoms with Crippen molar-refractivity contribution in [1.82, 2.24) is 9.80 Å². The van der Waals surface area contributed by atoms with E-state index in [4.69, 9.17) is 11.6 Å². The van der Waals surface area contributed by atoms with Crippen LogP contribution in [-0.4, -0.2) is 54.9 Å². The number of hydrogen-bond acceptors (Lipinski definition) is 2. The van der Waals surface area contributed by atoms with Gasteiger partial charge in [0, 0.05) is 32.1 Å². The fourth-order valence-corrected chi connectivity index (χ4v) is 2.81. The van der Waals surface area contributed by atoms with E-state index in [-0.39, 0.29) is 0 Å². The van der Waals surface area contributed by atoms with Crippen LogP contribution < -0.4 is 0 Å².